The van der Waals surface area contributed by atoms with E-state index in [0.29, 0.717) is 0 Å². The van der Waals surface area contributed by atoms with Crippen molar-refractivity contribution < 1.29 is 13.9 Å². The lowest BCUT2D eigenvalue weighted by Gasteiger charge is -2.34. The highest BCUT2D eigenvalue weighted by Crippen LogP contribution is 2.57. The fraction of sp³-hybridized carbons (Fsp3) is 0.368. The smallest absolute Gasteiger partial charge is 0.328 e. The Hall–Kier alpha value is -2.81. The van der Waals surface area contributed by atoms with E-state index in [1.807, 2.05) is 36.4 Å². The average Bonchev–Trinajstić information content (AvgIpc) is 2.98. The van der Waals surface area contributed by atoms with Gasteiger partial charge in [-0.15, -0.1) is 0 Å². The molecule has 1 aliphatic heterocycles. The Kier molecular flexibility index (Phi) is 8.29. The van der Waals surface area contributed by atoms with Crippen molar-refractivity contribution in [3.8, 4) is 11.1 Å². The maximum atomic E-state index is 11.7. The Morgan fingerprint density at radius 2 is 0.905 bits per heavy atom. The van der Waals surface area contributed by atoms with Crippen LogP contribution in [0.5, 0.6) is 0 Å². The first-order chi connectivity index (χ1) is 19.7. The molecule has 0 aromatic heterocycles. The third-order valence-corrected chi connectivity index (χ3v) is 9.54. The summed E-state index contributed by atoms with van der Waals surface area (Å²) in [5, 5.41) is 0. The second-order valence-electron chi connectivity index (χ2n) is 13.8. The molecular formula is C38H45O3P. The van der Waals surface area contributed by atoms with Crippen LogP contribution in [0.25, 0.3) is 11.1 Å². The number of benzene rings is 4. The summed E-state index contributed by atoms with van der Waals surface area (Å²) in [6.07, 6.45) is -1.02. The highest BCUT2D eigenvalue weighted by molar-refractivity contribution is 7.40. The van der Waals surface area contributed by atoms with Crippen molar-refractivity contribution in [2.24, 2.45) is 0 Å². The molecule has 0 amide bonds. The molecule has 4 aromatic rings. The third-order valence-electron chi connectivity index (χ3n) is 8.76. The summed E-state index contributed by atoms with van der Waals surface area (Å²) in [7, 11) is -2.26. The maximum Gasteiger partial charge on any atom is 0.331 e. The van der Waals surface area contributed by atoms with Crippen LogP contribution in [0.1, 0.15) is 109 Å². The summed E-state index contributed by atoms with van der Waals surface area (Å²) in [5.41, 5.74) is 13.7. The number of rotatable bonds is 2. The van der Waals surface area contributed by atoms with Gasteiger partial charge < -0.3 is 4.89 Å². The Balaban J connectivity index is 2.06. The average molecular weight is 581 g/mol. The Morgan fingerprint density at radius 3 is 1.21 bits per heavy atom. The van der Waals surface area contributed by atoms with Crippen molar-refractivity contribution in [3.63, 3.8) is 0 Å². The fourth-order valence-corrected chi connectivity index (χ4v) is 7.19. The Labute approximate surface area is 253 Å². The SMILES string of the molecule is Cc1cc(C(C)(C)C)c2c(c1C)-c1c(C)c(C)cc(C(C)(C)C)c1C(c1ccccc1)OP(O)OC2c1ccccc1. The minimum Gasteiger partial charge on any atom is -0.328 e. The van der Waals surface area contributed by atoms with Crippen LogP contribution in [0.2, 0.25) is 0 Å². The van der Waals surface area contributed by atoms with Crippen molar-refractivity contribution in [1.29, 1.82) is 0 Å². The number of fused-ring (bicyclic) bond motifs is 3. The van der Waals surface area contributed by atoms with Gasteiger partial charge in [0, 0.05) is 0 Å². The molecule has 0 spiro atoms. The van der Waals surface area contributed by atoms with E-state index in [1.54, 1.807) is 0 Å². The van der Waals surface area contributed by atoms with Gasteiger partial charge in [0.2, 0.25) is 0 Å². The van der Waals surface area contributed by atoms with Crippen LogP contribution in [0.15, 0.2) is 72.8 Å². The van der Waals surface area contributed by atoms with Gasteiger partial charge in [0.1, 0.15) is 12.2 Å². The molecule has 0 saturated carbocycles. The molecule has 3 nitrogen and oxygen atoms in total. The van der Waals surface area contributed by atoms with E-state index in [-0.39, 0.29) is 10.8 Å². The minimum absolute atomic E-state index is 0.171. The topological polar surface area (TPSA) is 38.7 Å². The normalized spacial score (nSPS) is 19.4. The van der Waals surface area contributed by atoms with E-state index in [4.69, 9.17) is 9.05 Å². The van der Waals surface area contributed by atoms with Crippen molar-refractivity contribution in [2.45, 2.75) is 92.3 Å². The first kappa shape index (κ1) is 30.6. The zero-order valence-electron chi connectivity index (χ0n) is 26.8. The van der Waals surface area contributed by atoms with Gasteiger partial charge in [0.25, 0.3) is 0 Å². The summed E-state index contributed by atoms with van der Waals surface area (Å²) in [4.78, 5) is 11.7. The molecule has 2 unspecified atom stereocenters. The first-order valence-electron chi connectivity index (χ1n) is 14.9. The van der Waals surface area contributed by atoms with Crippen molar-refractivity contribution in [1.82, 2.24) is 0 Å². The molecule has 0 bridgehead atoms. The second-order valence-corrected chi connectivity index (χ2v) is 14.7. The Morgan fingerprint density at radius 1 is 0.571 bits per heavy atom. The van der Waals surface area contributed by atoms with E-state index in [2.05, 4.69) is 106 Å². The van der Waals surface area contributed by atoms with E-state index in [1.165, 1.54) is 44.5 Å². The van der Waals surface area contributed by atoms with Gasteiger partial charge in [0.15, 0.2) is 0 Å². The molecule has 1 heterocycles. The molecule has 4 heteroatoms. The molecule has 1 N–H and O–H groups in total. The highest BCUT2D eigenvalue weighted by Gasteiger charge is 2.39. The molecule has 5 rings (SSSR count). The summed E-state index contributed by atoms with van der Waals surface area (Å²) in [5.74, 6) is 0. The highest BCUT2D eigenvalue weighted by atomic mass is 31.2. The molecule has 0 fully saturated rings. The third kappa shape index (κ3) is 5.61. The van der Waals surface area contributed by atoms with Gasteiger partial charge >= 0.3 is 8.60 Å². The van der Waals surface area contributed by atoms with E-state index in [0.717, 1.165) is 22.3 Å². The van der Waals surface area contributed by atoms with Crippen LogP contribution in [0.4, 0.5) is 0 Å². The summed E-state index contributed by atoms with van der Waals surface area (Å²) in [6.45, 7) is 22.5. The summed E-state index contributed by atoms with van der Waals surface area (Å²) >= 11 is 0. The number of hydrogen-bond acceptors (Lipinski definition) is 3. The molecule has 0 saturated heterocycles. The van der Waals surface area contributed by atoms with Crippen LogP contribution in [-0.4, -0.2) is 4.89 Å². The van der Waals surface area contributed by atoms with Gasteiger partial charge in [-0.25, -0.2) is 0 Å². The molecular weight excluding hydrogens is 535 g/mol. The van der Waals surface area contributed by atoms with Gasteiger partial charge in [-0.2, -0.15) is 0 Å². The molecule has 0 radical (unpaired) electrons. The molecule has 2 atom stereocenters. The predicted octanol–water partition coefficient (Wildman–Crippen LogP) is 10.6. The van der Waals surface area contributed by atoms with Crippen LogP contribution in [0.3, 0.4) is 0 Å². The zero-order chi connectivity index (χ0) is 30.6. The molecule has 42 heavy (non-hydrogen) atoms. The van der Waals surface area contributed by atoms with Crippen LogP contribution >= 0.6 is 8.60 Å². The van der Waals surface area contributed by atoms with E-state index < -0.39 is 20.8 Å². The summed E-state index contributed by atoms with van der Waals surface area (Å²) in [6, 6.07) is 25.2. The lowest BCUT2D eigenvalue weighted by Crippen LogP contribution is -2.21. The zero-order valence-corrected chi connectivity index (χ0v) is 27.7. The van der Waals surface area contributed by atoms with Gasteiger partial charge in [-0.05, 0) is 105 Å². The molecule has 4 aromatic carbocycles. The van der Waals surface area contributed by atoms with Gasteiger partial charge in [-0.1, -0.05) is 114 Å². The van der Waals surface area contributed by atoms with Gasteiger partial charge in [0.05, 0.1) is 0 Å². The van der Waals surface area contributed by atoms with Gasteiger partial charge in [-0.3, -0.25) is 9.05 Å². The monoisotopic (exact) mass is 580 g/mol. The van der Waals surface area contributed by atoms with Crippen molar-refractivity contribution >= 4 is 8.60 Å². The van der Waals surface area contributed by atoms with E-state index >= 15 is 0 Å². The lowest BCUT2D eigenvalue weighted by atomic mass is 9.71. The standard InChI is InChI=1S/C38H45O3P/c1-23-21-29(37(5,6)7)33-31(25(23)3)32-26(4)24(2)22-30(38(8,9)10)34(32)36(28-19-15-12-16-20-28)41-42(39)40-35(33)27-17-13-11-14-18-27/h11-22,35-36,39H,1-10H3. The van der Waals surface area contributed by atoms with Crippen LogP contribution < -0.4 is 0 Å². The predicted molar refractivity (Wildman–Crippen MR) is 176 cm³/mol. The minimum atomic E-state index is -2.26. The molecule has 0 aliphatic carbocycles. The Bertz CT molecular complexity index is 1470. The lowest BCUT2D eigenvalue weighted by molar-refractivity contribution is 0.141. The summed E-state index contributed by atoms with van der Waals surface area (Å²) < 4.78 is 13.4. The van der Waals surface area contributed by atoms with Crippen molar-refractivity contribution in [2.75, 3.05) is 0 Å². The molecule has 1 aliphatic rings. The van der Waals surface area contributed by atoms with Crippen LogP contribution in [0, 0.1) is 27.7 Å². The van der Waals surface area contributed by atoms with Crippen LogP contribution in [-0.2, 0) is 19.9 Å². The molecule has 220 valence electrons. The quantitative estimate of drug-likeness (QED) is 0.240. The second kappa shape index (κ2) is 11.4. The fourth-order valence-electron chi connectivity index (χ4n) is 6.32. The largest absolute Gasteiger partial charge is 0.331 e. The van der Waals surface area contributed by atoms with E-state index in [9.17, 15) is 4.89 Å². The number of aryl methyl sites for hydroxylation is 2. The number of hydrogen-bond donors (Lipinski definition) is 1. The first-order valence-corrected chi connectivity index (χ1v) is 16.0. The van der Waals surface area contributed by atoms with Crippen molar-refractivity contribution in [3.05, 3.63) is 128 Å². The maximum absolute atomic E-state index is 11.7.